The summed E-state index contributed by atoms with van der Waals surface area (Å²) in [5, 5.41) is 11.1. The summed E-state index contributed by atoms with van der Waals surface area (Å²) in [6.45, 7) is 9.32. The second kappa shape index (κ2) is 10.8. The zero-order valence-corrected chi connectivity index (χ0v) is 20.3. The van der Waals surface area contributed by atoms with Crippen LogP contribution >= 0.6 is 15.9 Å². The highest BCUT2D eigenvalue weighted by atomic mass is 79.9. The Bertz CT molecular complexity index is 982. The van der Waals surface area contributed by atoms with Crippen molar-refractivity contribution in [2.45, 2.75) is 26.8 Å². The Balaban J connectivity index is 2.05. The lowest BCUT2D eigenvalue weighted by atomic mass is 9.95. The first kappa shape index (κ1) is 24.0. The van der Waals surface area contributed by atoms with E-state index in [0.717, 1.165) is 23.1 Å². The highest BCUT2D eigenvalue weighted by Gasteiger charge is 2.45. The molecule has 170 valence electrons. The van der Waals surface area contributed by atoms with Crippen LogP contribution in [0.1, 0.15) is 37.9 Å². The Labute approximate surface area is 197 Å². The van der Waals surface area contributed by atoms with Crippen LogP contribution in [-0.2, 0) is 9.59 Å². The van der Waals surface area contributed by atoms with Gasteiger partial charge in [-0.15, -0.1) is 0 Å². The van der Waals surface area contributed by atoms with Crippen molar-refractivity contribution in [2.24, 2.45) is 0 Å². The van der Waals surface area contributed by atoms with Crippen LogP contribution in [0.25, 0.3) is 5.76 Å². The first-order valence-corrected chi connectivity index (χ1v) is 11.7. The van der Waals surface area contributed by atoms with Crippen molar-refractivity contribution < 1.29 is 19.4 Å². The molecule has 3 rings (SSSR count). The highest BCUT2D eigenvalue weighted by molar-refractivity contribution is 9.10. The lowest BCUT2D eigenvalue weighted by Crippen LogP contribution is -2.38. The number of amides is 1. The summed E-state index contributed by atoms with van der Waals surface area (Å²) >= 11 is 3.43. The molecule has 1 fully saturated rings. The summed E-state index contributed by atoms with van der Waals surface area (Å²) in [7, 11) is 0. The zero-order chi connectivity index (χ0) is 23.3. The molecule has 0 aromatic heterocycles. The molecule has 1 amide bonds. The number of likely N-dealkylation sites (N-methyl/N-ethyl adjacent to an activating group) is 1. The van der Waals surface area contributed by atoms with Crippen LogP contribution in [0.3, 0.4) is 0 Å². The molecule has 1 atom stereocenters. The van der Waals surface area contributed by atoms with Gasteiger partial charge in [-0.1, -0.05) is 41.9 Å². The number of nitrogens with zero attached hydrogens (tertiary/aromatic N) is 2. The van der Waals surface area contributed by atoms with E-state index in [-0.39, 0.29) is 11.3 Å². The summed E-state index contributed by atoms with van der Waals surface area (Å²) in [5.74, 6) is -0.751. The fraction of sp³-hybridized carbons (Fsp3) is 0.360. The van der Waals surface area contributed by atoms with Gasteiger partial charge < -0.3 is 19.6 Å². The Morgan fingerprint density at radius 2 is 1.66 bits per heavy atom. The molecule has 6 nitrogen and oxygen atoms in total. The van der Waals surface area contributed by atoms with Crippen molar-refractivity contribution in [3.63, 3.8) is 0 Å². The van der Waals surface area contributed by atoms with E-state index < -0.39 is 17.7 Å². The summed E-state index contributed by atoms with van der Waals surface area (Å²) in [5.41, 5.74) is 1.36. The maximum atomic E-state index is 13.1. The number of ketones is 1. The van der Waals surface area contributed by atoms with E-state index in [9.17, 15) is 14.7 Å². The Morgan fingerprint density at radius 1 is 1.03 bits per heavy atom. The van der Waals surface area contributed by atoms with Gasteiger partial charge in [-0.05, 0) is 62.0 Å². The first-order valence-electron chi connectivity index (χ1n) is 10.9. The van der Waals surface area contributed by atoms with E-state index in [0.29, 0.717) is 31.0 Å². The fourth-order valence-electron chi connectivity index (χ4n) is 3.92. The molecule has 1 saturated heterocycles. The molecule has 2 aromatic carbocycles. The quantitative estimate of drug-likeness (QED) is 0.309. The van der Waals surface area contributed by atoms with Gasteiger partial charge in [-0.25, -0.2) is 0 Å². The monoisotopic (exact) mass is 500 g/mol. The number of hydrogen-bond acceptors (Lipinski definition) is 5. The number of carbonyl (C=O) groups is 2. The number of aliphatic hydroxyl groups excluding tert-OH is 1. The summed E-state index contributed by atoms with van der Waals surface area (Å²) in [6, 6.07) is 13.7. The van der Waals surface area contributed by atoms with Crippen LogP contribution < -0.4 is 4.74 Å². The minimum atomic E-state index is -0.663. The molecule has 1 N–H and O–H groups in total. The number of halogens is 1. The van der Waals surface area contributed by atoms with E-state index in [1.807, 2.05) is 31.2 Å². The summed E-state index contributed by atoms with van der Waals surface area (Å²) in [4.78, 5) is 29.9. The Kier molecular flexibility index (Phi) is 8.10. The highest BCUT2D eigenvalue weighted by Crippen LogP contribution is 2.39. The largest absolute Gasteiger partial charge is 0.507 e. The van der Waals surface area contributed by atoms with Crippen molar-refractivity contribution in [3.05, 3.63) is 69.7 Å². The topological polar surface area (TPSA) is 70.1 Å². The smallest absolute Gasteiger partial charge is 0.295 e. The van der Waals surface area contributed by atoms with Crippen LogP contribution in [0.4, 0.5) is 0 Å². The third-order valence-electron chi connectivity index (χ3n) is 5.72. The first-order chi connectivity index (χ1) is 15.4. The molecule has 0 bridgehead atoms. The van der Waals surface area contributed by atoms with Crippen molar-refractivity contribution in [1.29, 1.82) is 0 Å². The number of rotatable bonds is 9. The number of carbonyl (C=O) groups excluding carboxylic acids is 2. The molecule has 1 aliphatic rings. The second-order valence-corrected chi connectivity index (χ2v) is 8.44. The molecular formula is C25H29BrN2O4. The number of benzene rings is 2. The molecule has 1 heterocycles. The number of hydrogen-bond donors (Lipinski definition) is 1. The molecule has 0 radical (unpaired) electrons. The Hall–Kier alpha value is -2.64. The van der Waals surface area contributed by atoms with Crippen molar-refractivity contribution in [1.82, 2.24) is 9.80 Å². The minimum absolute atomic E-state index is 0.112. The summed E-state index contributed by atoms with van der Waals surface area (Å²) in [6.07, 6.45) is 0. The van der Waals surface area contributed by atoms with Crippen molar-refractivity contribution >= 4 is 33.4 Å². The average molecular weight is 501 g/mol. The molecular weight excluding hydrogens is 472 g/mol. The van der Waals surface area contributed by atoms with Gasteiger partial charge in [0.2, 0.25) is 0 Å². The number of ether oxygens (including phenoxy) is 1. The van der Waals surface area contributed by atoms with E-state index in [4.69, 9.17) is 4.74 Å². The van der Waals surface area contributed by atoms with Crippen LogP contribution in [0.2, 0.25) is 0 Å². The molecule has 0 aliphatic carbocycles. The molecule has 0 spiro atoms. The molecule has 32 heavy (non-hydrogen) atoms. The van der Waals surface area contributed by atoms with Gasteiger partial charge in [-0.2, -0.15) is 0 Å². The second-order valence-electron chi connectivity index (χ2n) is 7.53. The molecule has 0 unspecified atom stereocenters. The lowest BCUT2D eigenvalue weighted by Gasteiger charge is -2.28. The number of likely N-dealkylation sites (tertiary alicyclic amines) is 1. The molecule has 0 saturated carbocycles. The van der Waals surface area contributed by atoms with Gasteiger partial charge >= 0.3 is 0 Å². The van der Waals surface area contributed by atoms with E-state index in [1.165, 1.54) is 0 Å². The average Bonchev–Trinajstić information content (AvgIpc) is 3.05. The maximum absolute atomic E-state index is 13.1. The van der Waals surface area contributed by atoms with Gasteiger partial charge in [-0.3, -0.25) is 9.59 Å². The Morgan fingerprint density at radius 3 is 2.22 bits per heavy atom. The normalized spacial score (nSPS) is 17.9. The third-order valence-corrected chi connectivity index (χ3v) is 6.24. The third kappa shape index (κ3) is 5.05. The standard InChI is InChI=1S/C25H29BrN2O4/c1-4-27(5-2)15-16-28-22(17-7-11-19(26)12-8-17)21(24(30)25(28)31)23(29)18-9-13-20(14-10-18)32-6-3/h7-14,22,29H,4-6,15-16H2,1-3H3/t22-/m1/s1. The number of Topliss-reactive ketones (excluding diaryl/α,β-unsaturated/α-hetero) is 1. The summed E-state index contributed by atoms with van der Waals surface area (Å²) < 4.78 is 6.36. The van der Waals surface area contributed by atoms with E-state index in [2.05, 4.69) is 34.7 Å². The lowest BCUT2D eigenvalue weighted by molar-refractivity contribution is -0.140. The van der Waals surface area contributed by atoms with E-state index in [1.54, 1.807) is 29.2 Å². The van der Waals surface area contributed by atoms with Crippen LogP contribution in [0, 0.1) is 0 Å². The number of aliphatic hydroxyl groups is 1. The van der Waals surface area contributed by atoms with Crippen LogP contribution in [0.5, 0.6) is 5.75 Å². The van der Waals surface area contributed by atoms with E-state index >= 15 is 0 Å². The van der Waals surface area contributed by atoms with Gasteiger partial charge in [0.1, 0.15) is 11.5 Å². The van der Waals surface area contributed by atoms with Crippen molar-refractivity contribution in [2.75, 3.05) is 32.8 Å². The van der Waals surface area contributed by atoms with Gasteiger partial charge in [0.25, 0.3) is 11.7 Å². The van der Waals surface area contributed by atoms with Crippen molar-refractivity contribution in [3.8, 4) is 5.75 Å². The molecule has 7 heteroatoms. The minimum Gasteiger partial charge on any atom is -0.507 e. The van der Waals surface area contributed by atoms with Crippen LogP contribution in [-0.4, -0.2) is 59.4 Å². The SMILES string of the molecule is CCOc1ccc(C(O)=C2C(=O)C(=O)N(CCN(CC)CC)[C@@H]2c2ccc(Br)cc2)cc1. The predicted octanol–water partition coefficient (Wildman–Crippen LogP) is 4.61. The maximum Gasteiger partial charge on any atom is 0.295 e. The molecule has 2 aromatic rings. The fourth-order valence-corrected chi connectivity index (χ4v) is 4.19. The predicted molar refractivity (Wildman–Crippen MR) is 129 cm³/mol. The zero-order valence-electron chi connectivity index (χ0n) is 18.7. The van der Waals surface area contributed by atoms with Gasteiger partial charge in [0.15, 0.2) is 0 Å². The molecule has 1 aliphatic heterocycles. The van der Waals surface area contributed by atoms with Crippen LogP contribution in [0.15, 0.2) is 58.6 Å². The van der Waals surface area contributed by atoms with Gasteiger partial charge in [0.05, 0.1) is 18.2 Å². The van der Waals surface area contributed by atoms with Gasteiger partial charge in [0, 0.05) is 23.1 Å².